The summed E-state index contributed by atoms with van der Waals surface area (Å²) in [6, 6.07) is 9.96. The first-order valence-corrected chi connectivity index (χ1v) is 11.3. The fourth-order valence-corrected chi connectivity index (χ4v) is 4.08. The summed E-state index contributed by atoms with van der Waals surface area (Å²) < 4.78 is 41.0. The maximum absolute atomic E-state index is 13.7. The Morgan fingerprint density at radius 3 is 2.16 bits per heavy atom. The van der Waals surface area contributed by atoms with Crippen molar-refractivity contribution in [3.8, 4) is 0 Å². The summed E-state index contributed by atoms with van der Waals surface area (Å²) in [4.78, 5) is 8.29. The van der Waals surface area contributed by atoms with Crippen molar-refractivity contribution in [2.24, 2.45) is 0 Å². The Kier molecular flexibility index (Phi) is 8.20. The highest BCUT2D eigenvalue weighted by molar-refractivity contribution is 6.42. The number of hydrogen-bond donors (Lipinski definition) is 0. The number of piperazine rings is 1. The van der Waals surface area contributed by atoms with E-state index in [9.17, 15) is 13.2 Å². The van der Waals surface area contributed by atoms with Crippen molar-refractivity contribution in [1.29, 1.82) is 0 Å². The molecule has 1 saturated heterocycles. The predicted octanol–water partition coefficient (Wildman–Crippen LogP) is 5.33. The molecular weight excluding hydrogens is 460 g/mol. The SMILES string of the molecule is CN(C)CCN(C)c1ccc(C(F)(F)F)c(CN2CCN(c3ccc(Cl)c(Cl)c3)CC2)c1. The highest BCUT2D eigenvalue weighted by Gasteiger charge is 2.34. The maximum atomic E-state index is 13.7. The lowest BCUT2D eigenvalue weighted by Crippen LogP contribution is -2.46. The molecule has 0 amide bonds. The summed E-state index contributed by atoms with van der Waals surface area (Å²) in [5, 5.41) is 1.00. The third kappa shape index (κ3) is 6.44. The van der Waals surface area contributed by atoms with Crippen LogP contribution < -0.4 is 9.80 Å². The predicted molar refractivity (Wildman–Crippen MR) is 127 cm³/mol. The van der Waals surface area contributed by atoms with E-state index in [0.29, 0.717) is 41.8 Å². The first-order valence-electron chi connectivity index (χ1n) is 10.5. The Morgan fingerprint density at radius 2 is 1.56 bits per heavy atom. The highest BCUT2D eigenvalue weighted by atomic mass is 35.5. The first kappa shape index (κ1) is 25.0. The van der Waals surface area contributed by atoms with Crippen LogP contribution in [0.25, 0.3) is 0 Å². The molecule has 9 heteroatoms. The second-order valence-electron chi connectivity index (χ2n) is 8.43. The number of likely N-dealkylation sites (N-methyl/N-ethyl adjacent to an activating group) is 2. The lowest BCUT2D eigenvalue weighted by molar-refractivity contribution is -0.138. The molecule has 0 N–H and O–H groups in total. The summed E-state index contributed by atoms with van der Waals surface area (Å²) in [6.07, 6.45) is -4.38. The molecule has 2 aromatic rings. The van der Waals surface area contributed by atoms with E-state index >= 15 is 0 Å². The number of halogens is 5. The van der Waals surface area contributed by atoms with Crippen molar-refractivity contribution in [2.75, 3.05) is 70.2 Å². The molecule has 1 heterocycles. The molecule has 4 nitrogen and oxygen atoms in total. The zero-order chi connectivity index (χ0) is 23.5. The van der Waals surface area contributed by atoms with Gasteiger partial charge in [-0.3, -0.25) is 4.90 Å². The van der Waals surface area contributed by atoms with Crippen molar-refractivity contribution < 1.29 is 13.2 Å². The molecule has 0 atom stereocenters. The quantitative estimate of drug-likeness (QED) is 0.521. The molecule has 1 aliphatic rings. The topological polar surface area (TPSA) is 13.0 Å². The molecule has 3 rings (SSSR count). The number of hydrogen-bond acceptors (Lipinski definition) is 4. The summed E-state index contributed by atoms with van der Waals surface area (Å²) in [6.45, 7) is 4.57. The van der Waals surface area contributed by atoms with Gasteiger partial charge >= 0.3 is 6.18 Å². The molecule has 176 valence electrons. The number of anilines is 2. The van der Waals surface area contributed by atoms with Gasteiger partial charge in [0.05, 0.1) is 15.6 Å². The lowest BCUT2D eigenvalue weighted by atomic mass is 10.0. The molecular formula is C23H29Cl2F3N4. The van der Waals surface area contributed by atoms with Crippen molar-refractivity contribution in [2.45, 2.75) is 12.7 Å². The number of benzene rings is 2. The van der Waals surface area contributed by atoms with Crippen molar-refractivity contribution >= 4 is 34.6 Å². The third-order valence-corrected chi connectivity index (χ3v) is 6.49. The molecule has 0 radical (unpaired) electrons. The van der Waals surface area contributed by atoms with Gasteiger partial charge in [-0.05, 0) is 56.1 Å². The Hall–Kier alpha value is -1.67. The second-order valence-corrected chi connectivity index (χ2v) is 9.24. The van der Waals surface area contributed by atoms with Crippen molar-refractivity contribution in [1.82, 2.24) is 9.80 Å². The smallest absolute Gasteiger partial charge is 0.373 e. The standard InChI is InChI=1S/C23H29Cl2F3N4/c1-29(2)8-9-30(3)18-4-6-20(23(26,27)28)17(14-18)16-31-10-12-32(13-11-31)19-5-7-21(24)22(25)15-19/h4-7,14-15H,8-13,16H2,1-3H3. The van der Waals surface area contributed by atoms with Gasteiger partial charge in [0.1, 0.15) is 0 Å². The van der Waals surface area contributed by atoms with Gasteiger partial charge in [0.2, 0.25) is 0 Å². The minimum Gasteiger partial charge on any atom is -0.373 e. The van der Waals surface area contributed by atoms with Crippen molar-refractivity contribution in [3.05, 3.63) is 57.6 Å². The van der Waals surface area contributed by atoms with Crippen LogP contribution >= 0.6 is 23.2 Å². The second kappa shape index (κ2) is 10.5. The Labute approximate surface area is 198 Å². The Balaban J connectivity index is 1.71. The normalized spacial score (nSPS) is 15.5. The molecule has 0 spiro atoms. The van der Waals surface area contributed by atoms with Gasteiger partial charge < -0.3 is 14.7 Å². The molecule has 1 aliphatic heterocycles. The molecule has 0 saturated carbocycles. The highest BCUT2D eigenvalue weighted by Crippen LogP contribution is 2.35. The third-order valence-electron chi connectivity index (χ3n) is 5.75. The largest absolute Gasteiger partial charge is 0.416 e. The maximum Gasteiger partial charge on any atom is 0.416 e. The summed E-state index contributed by atoms with van der Waals surface area (Å²) >= 11 is 12.1. The van der Waals surface area contributed by atoms with Crippen LogP contribution in [0.3, 0.4) is 0 Å². The summed E-state index contributed by atoms with van der Waals surface area (Å²) in [7, 11) is 5.86. The zero-order valence-corrected chi connectivity index (χ0v) is 20.1. The van der Waals surface area contributed by atoms with E-state index in [0.717, 1.165) is 24.5 Å². The van der Waals surface area contributed by atoms with Gasteiger partial charge in [0, 0.05) is 64.2 Å². The first-order chi connectivity index (χ1) is 15.0. The van der Waals surface area contributed by atoms with Crippen LogP contribution in [0.2, 0.25) is 10.0 Å². The molecule has 0 aromatic heterocycles. The van der Waals surface area contributed by atoms with Gasteiger partial charge in [-0.2, -0.15) is 13.2 Å². The molecule has 1 fully saturated rings. The fraction of sp³-hybridized carbons (Fsp3) is 0.478. The van der Waals surface area contributed by atoms with Crippen LogP contribution in [-0.2, 0) is 12.7 Å². The minimum absolute atomic E-state index is 0.263. The molecule has 0 bridgehead atoms. The van der Waals surface area contributed by atoms with Crippen LogP contribution in [-0.4, -0.2) is 70.2 Å². The monoisotopic (exact) mass is 488 g/mol. The van der Waals surface area contributed by atoms with Gasteiger partial charge in [-0.25, -0.2) is 0 Å². The minimum atomic E-state index is -4.38. The number of alkyl halides is 3. The van der Waals surface area contributed by atoms with Crippen LogP contribution in [0.5, 0.6) is 0 Å². The molecule has 0 aliphatic carbocycles. The Morgan fingerprint density at radius 1 is 0.875 bits per heavy atom. The van der Waals surface area contributed by atoms with Crippen LogP contribution in [0.1, 0.15) is 11.1 Å². The number of rotatable bonds is 7. The van der Waals surface area contributed by atoms with E-state index in [-0.39, 0.29) is 6.54 Å². The van der Waals surface area contributed by atoms with E-state index in [1.807, 2.05) is 38.2 Å². The van der Waals surface area contributed by atoms with E-state index in [1.54, 1.807) is 18.2 Å². The van der Waals surface area contributed by atoms with Gasteiger partial charge in [0.25, 0.3) is 0 Å². The van der Waals surface area contributed by atoms with E-state index in [2.05, 4.69) is 14.7 Å². The fourth-order valence-electron chi connectivity index (χ4n) is 3.79. The average molecular weight is 489 g/mol. The average Bonchev–Trinajstić information content (AvgIpc) is 2.73. The molecule has 0 unspecified atom stereocenters. The lowest BCUT2D eigenvalue weighted by Gasteiger charge is -2.36. The van der Waals surface area contributed by atoms with Crippen LogP contribution in [0.4, 0.5) is 24.5 Å². The van der Waals surface area contributed by atoms with Crippen LogP contribution in [0.15, 0.2) is 36.4 Å². The van der Waals surface area contributed by atoms with Gasteiger partial charge in [-0.1, -0.05) is 23.2 Å². The molecule has 2 aromatic carbocycles. The number of nitrogens with zero attached hydrogens (tertiary/aromatic N) is 4. The summed E-state index contributed by atoms with van der Waals surface area (Å²) in [5.74, 6) is 0. The van der Waals surface area contributed by atoms with E-state index in [1.165, 1.54) is 6.07 Å². The van der Waals surface area contributed by atoms with Gasteiger partial charge in [0.15, 0.2) is 0 Å². The van der Waals surface area contributed by atoms with E-state index in [4.69, 9.17) is 23.2 Å². The van der Waals surface area contributed by atoms with Crippen molar-refractivity contribution in [3.63, 3.8) is 0 Å². The Bertz CT molecular complexity index is 913. The van der Waals surface area contributed by atoms with Gasteiger partial charge in [-0.15, -0.1) is 0 Å². The summed E-state index contributed by atoms with van der Waals surface area (Å²) in [5.41, 5.74) is 1.52. The van der Waals surface area contributed by atoms with E-state index < -0.39 is 11.7 Å². The zero-order valence-electron chi connectivity index (χ0n) is 18.6. The van der Waals surface area contributed by atoms with Crippen LogP contribution in [0, 0.1) is 0 Å². The molecule has 32 heavy (non-hydrogen) atoms.